The van der Waals surface area contributed by atoms with Crippen LogP contribution < -0.4 is 14.8 Å². The number of methoxy groups -OCH3 is 2. The molecule has 3 aromatic rings. The van der Waals surface area contributed by atoms with Gasteiger partial charge in [0.25, 0.3) is 0 Å². The maximum Gasteiger partial charge on any atom is 0.416 e. The summed E-state index contributed by atoms with van der Waals surface area (Å²) < 4.78 is 50.6. The van der Waals surface area contributed by atoms with Crippen molar-refractivity contribution in [2.24, 2.45) is 0 Å². The number of alkyl halides is 3. The molecule has 5 nitrogen and oxygen atoms in total. The number of hydrogen-bond donors (Lipinski definition) is 1. The molecule has 0 aliphatic rings. The van der Waals surface area contributed by atoms with Gasteiger partial charge in [-0.2, -0.15) is 13.2 Å². The van der Waals surface area contributed by atoms with Gasteiger partial charge < -0.3 is 19.4 Å². The summed E-state index contributed by atoms with van der Waals surface area (Å²) >= 11 is 0. The molecular formula is C19H17F3N2O3. The third-order valence-electron chi connectivity index (χ3n) is 4.07. The number of amides is 1. The molecule has 0 aliphatic carbocycles. The fraction of sp³-hybridized carbons (Fsp3) is 0.211. The van der Waals surface area contributed by atoms with Crippen molar-refractivity contribution in [2.75, 3.05) is 19.5 Å². The molecule has 0 saturated carbocycles. The third-order valence-corrected chi connectivity index (χ3v) is 4.07. The number of rotatable bonds is 5. The van der Waals surface area contributed by atoms with Crippen molar-refractivity contribution in [1.29, 1.82) is 0 Å². The summed E-state index contributed by atoms with van der Waals surface area (Å²) in [5, 5.41) is 3.29. The van der Waals surface area contributed by atoms with Crippen molar-refractivity contribution >= 4 is 22.5 Å². The van der Waals surface area contributed by atoms with Crippen LogP contribution in [-0.2, 0) is 17.5 Å². The van der Waals surface area contributed by atoms with Gasteiger partial charge in [0, 0.05) is 29.4 Å². The lowest BCUT2D eigenvalue weighted by atomic mass is 10.2. The Morgan fingerprint density at radius 3 is 2.56 bits per heavy atom. The molecule has 0 unspecified atom stereocenters. The van der Waals surface area contributed by atoms with Gasteiger partial charge in [0.1, 0.15) is 18.0 Å². The number of benzene rings is 2. The number of carbonyl (C=O) groups excluding carboxylic acids is 1. The van der Waals surface area contributed by atoms with Crippen LogP contribution in [0.3, 0.4) is 0 Å². The second kappa shape index (κ2) is 7.22. The smallest absolute Gasteiger partial charge is 0.416 e. The van der Waals surface area contributed by atoms with Crippen LogP contribution in [0.4, 0.5) is 18.9 Å². The molecule has 0 bridgehead atoms. The number of hydrogen-bond acceptors (Lipinski definition) is 3. The van der Waals surface area contributed by atoms with Gasteiger partial charge in [-0.05, 0) is 24.3 Å². The first-order chi connectivity index (χ1) is 12.8. The normalized spacial score (nSPS) is 11.4. The second-order valence-corrected chi connectivity index (χ2v) is 5.83. The van der Waals surface area contributed by atoms with Gasteiger partial charge in [-0.25, -0.2) is 0 Å². The molecule has 142 valence electrons. The maximum atomic E-state index is 12.8. The molecule has 2 aromatic carbocycles. The van der Waals surface area contributed by atoms with E-state index in [-0.39, 0.29) is 12.2 Å². The standard InChI is InChI=1S/C19H17F3N2O3/c1-26-14-9-16-15(17(10-14)27-2)6-7-24(16)11-18(25)23-13-5-3-4-12(8-13)19(20,21)22/h3-10H,11H2,1-2H3,(H,23,25). The summed E-state index contributed by atoms with van der Waals surface area (Å²) in [5.41, 5.74) is -0.0203. The van der Waals surface area contributed by atoms with Crippen LogP contribution in [0.25, 0.3) is 10.9 Å². The molecular weight excluding hydrogens is 361 g/mol. The Balaban J connectivity index is 1.82. The highest BCUT2D eigenvalue weighted by Crippen LogP contribution is 2.32. The minimum Gasteiger partial charge on any atom is -0.497 e. The first-order valence-corrected chi connectivity index (χ1v) is 8.00. The quantitative estimate of drug-likeness (QED) is 0.720. The molecule has 0 fully saturated rings. The fourth-order valence-corrected chi connectivity index (χ4v) is 2.79. The molecule has 1 aromatic heterocycles. The van der Waals surface area contributed by atoms with E-state index < -0.39 is 17.6 Å². The van der Waals surface area contributed by atoms with Crippen LogP contribution in [-0.4, -0.2) is 24.7 Å². The van der Waals surface area contributed by atoms with Crippen molar-refractivity contribution in [3.63, 3.8) is 0 Å². The molecule has 0 radical (unpaired) electrons. The Morgan fingerprint density at radius 1 is 1.11 bits per heavy atom. The van der Waals surface area contributed by atoms with Crippen molar-refractivity contribution in [1.82, 2.24) is 4.57 Å². The van der Waals surface area contributed by atoms with E-state index in [1.165, 1.54) is 26.4 Å². The van der Waals surface area contributed by atoms with Gasteiger partial charge in [0.2, 0.25) is 5.91 Å². The molecule has 3 rings (SSSR count). The van der Waals surface area contributed by atoms with E-state index in [0.29, 0.717) is 17.0 Å². The monoisotopic (exact) mass is 378 g/mol. The van der Waals surface area contributed by atoms with Crippen LogP contribution in [0.2, 0.25) is 0 Å². The number of fused-ring (bicyclic) bond motifs is 1. The number of carbonyl (C=O) groups is 1. The lowest BCUT2D eigenvalue weighted by molar-refractivity contribution is -0.137. The Morgan fingerprint density at radius 2 is 1.89 bits per heavy atom. The van der Waals surface area contributed by atoms with E-state index in [2.05, 4.69) is 5.32 Å². The first kappa shape index (κ1) is 18.6. The van der Waals surface area contributed by atoms with Crippen LogP contribution >= 0.6 is 0 Å². The minimum atomic E-state index is -4.47. The SMILES string of the molecule is COc1cc(OC)c2ccn(CC(=O)Nc3cccc(C(F)(F)F)c3)c2c1. The number of anilines is 1. The molecule has 0 saturated heterocycles. The molecule has 1 heterocycles. The van der Waals surface area contributed by atoms with E-state index >= 15 is 0 Å². The number of nitrogens with zero attached hydrogens (tertiary/aromatic N) is 1. The van der Waals surface area contributed by atoms with Gasteiger partial charge in [0.15, 0.2) is 0 Å². The van der Waals surface area contributed by atoms with Gasteiger partial charge in [-0.3, -0.25) is 4.79 Å². The lowest BCUT2D eigenvalue weighted by Gasteiger charge is -2.11. The average molecular weight is 378 g/mol. The van der Waals surface area contributed by atoms with Crippen LogP contribution in [0, 0.1) is 0 Å². The van der Waals surface area contributed by atoms with Crippen molar-refractivity contribution in [2.45, 2.75) is 12.7 Å². The topological polar surface area (TPSA) is 52.5 Å². The summed E-state index contributed by atoms with van der Waals surface area (Å²) in [6, 6.07) is 9.80. The van der Waals surface area contributed by atoms with Crippen LogP contribution in [0.1, 0.15) is 5.56 Å². The van der Waals surface area contributed by atoms with E-state index in [9.17, 15) is 18.0 Å². The van der Waals surface area contributed by atoms with E-state index in [0.717, 1.165) is 17.5 Å². The highest BCUT2D eigenvalue weighted by molar-refractivity contribution is 5.93. The summed E-state index contributed by atoms with van der Waals surface area (Å²) in [6.07, 6.45) is -2.76. The largest absolute Gasteiger partial charge is 0.497 e. The van der Waals surface area contributed by atoms with Crippen molar-refractivity contribution in [3.8, 4) is 11.5 Å². The number of ether oxygens (including phenoxy) is 2. The zero-order valence-corrected chi connectivity index (χ0v) is 14.6. The van der Waals surface area contributed by atoms with E-state index in [4.69, 9.17) is 9.47 Å². The predicted molar refractivity (Wildman–Crippen MR) is 95.1 cm³/mol. The van der Waals surface area contributed by atoms with Gasteiger partial charge in [-0.15, -0.1) is 0 Å². The number of nitrogens with one attached hydrogen (secondary N) is 1. The number of aromatic nitrogens is 1. The van der Waals surface area contributed by atoms with Crippen LogP contribution in [0.15, 0.2) is 48.7 Å². The first-order valence-electron chi connectivity index (χ1n) is 8.00. The molecule has 1 amide bonds. The molecule has 8 heteroatoms. The zero-order valence-electron chi connectivity index (χ0n) is 14.6. The molecule has 0 spiro atoms. The highest BCUT2D eigenvalue weighted by Gasteiger charge is 2.30. The predicted octanol–water partition coefficient (Wildman–Crippen LogP) is 4.32. The van der Waals surface area contributed by atoms with Gasteiger partial charge in [0.05, 0.1) is 25.3 Å². The maximum absolute atomic E-state index is 12.8. The molecule has 27 heavy (non-hydrogen) atoms. The summed E-state index contributed by atoms with van der Waals surface area (Å²) in [7, 11) is 3.06. The van der Waals surface area contributed by atoms with Gasteiger partial charge >= 0.3 is 6.18 Å². The highest BCUT2D eigenvalue weighted by atomic mass is 19.4. The molecule has 1 N–H and O–H groups in total. The molecule has 0 atom stereocenters. The van der Waals surface area contributed by atoms with Crippen molar-refractivity contribution < 1.29 is 27.4 Å². The Hall–Kier alpha value is -3.16. The Labute approximate surface area is 153 Å². The summed E-state index contributed by atoms with van der Waals surface area (Å²) in [6.45, 7) is -0.0733. The Kier molecular flexibility index (Phi) is 4.98. The molecule has 0 aliphatic heterocycles. The zero-order chi connectivity index (χ0) is 19.6. The average Bonchev–Trinajstić information content (AvgIpc) is 3.03. The number of halogens is 3. The summed E-state index contributed by atoms with van der Waals surface area (Å²) in [5.74, 6) is 0.715. The van der Waals surface area contributed by atoms with Gasteiger partial charge in [-0.1, -0.05) is 6.07 Å². The third kappa shape index (κ3) is 3.99. The Bertz CT molecular complexity index is 980. The summed E-state index contributed by atoms with van der Waals surface area (Å²) in [4.78, 5) is 12.3. The minimum absolute atomic E-state index is 0.0733. The second-order valence-electron chi connectivity index (χ2n) is 5.83. The fourth-order valence-electron chi connectivity index (χ4n) is 2.79. The van der Waals surface area contributed by atoms with Crippen LogP contribution in [0.5, 0.6) is 11.5 Å². The van der Waals surface area contributed by atoms with E-state index in [1.54, 1.807) is 29.0 Å². The lowest BCUT2D eigenvalue weighted by Crippen LogP contribution is -2.18. The van der Waals surface area contributed by atoms with Crippen molar-refractivity contribution in [3.05, 3.63) is 54.2 Å². The van der Waals surface area contributed by atoms with E-state index in [1.807, 2.05) is 0 Å².